The summed E-state index contributed by atoms with van der Waals surface area (Å²) in [5.41, 5.74) is 1.73. The predicted molar refractivity (Wildman–Crippen MR) is 131 cm³/mol. The second-order valence-electron chi connectivity index (χ2n) is 9.45. The molecule has 1 aromatic heterocycles. The minimum atomic E-state index is -1.25. The number of fused-ring (bicyclic) bond motifs is 2. The first-order chi connectivity index (χ1) is 15.8. The predicted octanol–water partition coefficient (Wildman–Crippen LogP) is 4.91. The molecular formula is C27H32O7. The Hall–Kier alpha value is -3.29. The molecule has 0 fully saturated rings. The molecule has 0 saturated heterocycles. The van der Waals surface area contributed by atoms with Gasteiger partial charge in [-0.15, -0.1) is 6.58 Å². The number of ether oxygens (including phenoxy) is 1. The minimum Gasteiger partial charge on any atom is -0.512 e. The van der Waals surface area contributed by atoms with E-state index < -0.39 is 17.8 Å². The van der Waals surface area contributed by atoms with Crippen LogP contribution in [0.5, 0.6) is 5.75 Å². The molecule has 7 nitrogen and oxygen atoms in total. The molecule has 2 aromatic rings. The van der Waals surface area contributed by atoms with Gasteiger partial charge in [-0.2, -0.15) is 0 Å². The summed E-state index contributed by atoms with van der Waals surface area (Å²) in [4.78, 5) is 12.7. The van der Waals surface area contributed by atoms with Crippen molar-refractivity contribution in [3.8, 4) is 17.1 Å². The largest absolute Gasteiger partial charge is 0.512 e. The Bertz CT molecular complexity index is 1220. The second-order valence-corrected chi connectivity index (χ2v) is 9.45. The summed E-state index contributed by atoms with van der Waals surface area (Å²) in [6.45, 7) is 12.6. The highest BCUT2D eigenvalue weighted by Gasteiger charge is 2.43. The molecular weight excluding hydrogens is 436 g/mol. The normalized spacial score (nSPS) is 18.9. The van der Waals surface area contributed by atoms with E-state index in [1.165, 1.54) is 23.8 Å². The molecule has 2 unspecified atom stereocenters. The van der Waals surface area contributed by atoms with Gasteiger partial charge in [-0.3, -0.25) is 4.79 Å². The molecule has 4 rings (SSSR count). The van der Waals surface area contributed by atoms with Crippen LogP contribution in [0.4, 0.5) is 0 Å². The maximum atomic E-state index is 12.7. The van der Waals surface area contributed by atoms with Crippen molar-refractivity contribution in [1.29, 1.82) is 0 Å². The molecule has 2 heterocycles. The van der Waals surface area contributed by atoms with E-state index in [1.807, 2.05) is 26.8 Å². The van der Waals surface area contributed by atoms with Crippen LogP contribution in [0.25, 0.3) is 17.4 Å². The molecule has 182 valence electrons. The first-order valence-corrected chi connectivity index (χ1v) is 11.1. The highest BCUT2D eigenvalue weighted by molar-refractivity contribution is 5.66. The lowest BCUT2D eigenvalue weighted by Gasteiger charge is -2.27. The van der Waals surface area contributed by atoms with Crippen LogP contribution in [0.15, 0.2) is 57.2 Å². The standard InChI is InChI=1S/C23H24O7.C4H8/c1-4-11-5-12(6-16-20(27)22(23(2,3)28)30-21(11)16)18-10-17(26)15-8-13(24)7-14(25)9-19(15)29-18;1-4(2)3/h5-7,9-10,20,22,24-25,27-28H,4,8H2,1-3H3;1H2,2-3H3. The minimum absolute atomic E-state index is 0.0390. The molecule has 2 atom stereocenters. The van der Waals surface area contributed by atoms with Gasteiger partial charge in [-0.05, 0) is 51.8 Å². The topological polar surface area (TPSA) is 120 Å². The van der Waals surface area contributed by atoms with E-state index in [9.17, 15) is 25.2 Å². The Balaban J connectivity index is 0.000000751. The smallest absolute Gasteiger partial charge is 0.189 e. The zero-order chi connectivity index (χ0) is 25.4. The molecule has 0 bridgehead atoms. The van der Waals surface area contributed by atoms with Gasteiger partial charge in [0.15, 0.2) is 11.5 Å². The molecule has 0 radical (unpaired) electrons. The van der Waals surface area contributed by atoms with Crippen molar-refractivity contribution in [3.63, 3.8) is 0 Å². The number of aliphatic hydroxyl groups excluding tert-OH is 3. The molecule has 0 spiro atoms. The van der Waals surface area contributed by atoms with Gasteiger partial charge in [0, 0.05) is 41.3 Å². The van der Waals surface area contributed by atoms with Gasteiger partial charge in [0.2, 0.25) is 0 Å². The lowest BCUT2D eigenvalue weighted by molar-refractivity contribution is -0.0764. The molecule has 0 amide bonds. The van der Waals surface area contributed by atoms with Gasteiger partial charge in [0.05, 0.1) is 5.60 Å². The van der Waals surface area contributed by atoms with Gasteiger partial charge in [0.1, 0.15) is 34.9 Å². The summed E-state index contributed by atoms with van der Waals surface area (Å²) >= 11 is 0. The van der Waals surface area contributed by atoms with Crippen molar-refractivity contribution in [3.05, 3.63) is 80.6 Å². The number of hydrogen-bond donors (Lipinski definition) is 4. The number of allylic oxidation sites excluding steroid dienone is 3. The Kier molecular flexibility index (Phi) is 7.10. The van der Waals surface area contributed by atoms with Crippen molar-refractivity contribution in [1.82, 2.24) is 0 Å². The number of aryl methyl sites for hydroxylation is 1. The first-order valence-electron chi connectivity index (χ1n) is 11.1. The summed E-state index contributed by atoms with van der Waals surface area (Å²) in [5, 5.41) is 40.8. The molecule has 34 heavy (non-hydrogen) atoms. The van der Waals surface area contributed by atoms with Gasteiger partial charge >= 0.3 is 0 Å². The van der Waals surface area contributed by atoms with Crippen molar-refractivity contribution < 1.29 is 29.6 Å². The molecule has 0 saturated carbocycles. The highest BCUT2D eigenvalue weighted by atomic mass is 16.5. The Labute approximate surface area is 199 Å². The first kappa shape index (κ1) is 25.3. The fourth-order valence-corrected chi connectivity index (χ4v) is 3.92. The molecule has 1 aliphatic heterocycles. The monoisotopic (exact) mass is 468 g/mol. The van der Waals surface area contributed by atoms with E-state index in [-0.39, 0.29) is 40.5 Å². The maximum Gasteiger partial charge on any atom is 0.189 e. The molecule has 2 aliphatic rings. The average molecular weight is 469 g/mol. The SMILES string of the molecule is C=C(C)C.CCc1cc(-c2cc(=O)c3c(o2)C=C(O)C=C(O)C3)cc2c1OC(C(C)(C)O)C2O. The van der Waals surface area contributed by atoms with E-state index >= 15 is 0 Å². The highest BCUT2D eigenvalue weighted by Crippen LogP contribution is 2.45. The van der Waals surface area contributed by atoms with Crippen molar-refractivity contribution in [2.24, 2.45) is 0 Å². The van der Waals surface area contributed by atoms with Crippen LogP contribution in [0.3, 0.4) is 0 Å². The Morgan fingerprint density at radius 3 is 2.41 bits per heavy atom. The summed E-state index contributed by atoms with van der Waals surface area (Å²) < 4.78 is 11.8. The third-order valence-corrected chi connectivity index (χ3v) is 5.43. The quantitative estimate of drug-likeness (QED) is 0.472. The number of rotatable bonds is 3. The third-order valence-electron chi connectivity index (χ3n) is 5.43. The molecule has 1 aromatic carbocycles. The summed E-state index contributed by atoms with van der Waals surface area (Å²) in [6.07, 6.45) is 1.17. The van der Waals surface area contributed by atoms with E-state index in [2.05, 4.69) is 6.58 Å². The van der Waals surface area contributed by atoms with Crippen molar-refractivity contribution >= 4 is 6.08 Å². The third kappa shape index (κ3) is 5.26. The van der Waals surface area contributed by atoms with Gasteiger partial charge in [-0.25, -0.2) is 0 Å². The summed E-state index contributed by atoms with van der Waals surface area (Å²) in [6, 6.07) is 4.84. The van der Waals surface area contributed by atoms with Crippen LogP contribution in [-0.2, 0) is 12.8 Å². The van der Waals surface area contributed by atoms with Crippen molar-refractivity contribution in [2.75, 3.05) is 0 Å². The second kappa shape index (κ2) is 9.52. The summed E-state index contributed by atoms with van der Waals surface area (Å²) in [7, 11) is 0. The van der Waals surface area contributed by atoms with Gasteiger partial charge in [0.25, 0.3) is 0 Å². The van der Waals surface area contributed by atoms with Gasteiger partial charge < -0.3 is 29.6 Å². The maximum absolute atomic E-state index is 12.7. The average Bonchev–Trinajstić information content (AvgIpc) is 2.97. The zero-order valence-electron chi connectivity index (χ0n) is 20.2. The molecule has 1 aliphatic carbocycles. The molecule has 4 N–H and O–H groups in total. The van der Waals surface area contributed by atoms with Crippen LogP contribution in [-0.4, -0.2) is 32.1 Å². The fraction of sp³-hybridized carbons (Fsp3) is 0.370. The molecule has 7 heteroatoms. The Morgan fingerprint density at radius 1 is 1.18 bits per heavy atom. The lowest BCUT2D eigenvalue weighted by atomic mass is 9.92. The van der Waals surface area contributed by atoms with Crippen LogP contribution in [0, 0.1) is 0 Å². The fourth-order valence-electron chi connectivity index (χ4n) is 3.92. The van der Waals surface area contributed by atoms with Crippen LogP contribution in [0.2, 0.25) is 0 Å². The van der Waals surface area contributed by atoms with Crippen molar-refractivity contribution in [2.45, 2.75) is 65.3 Å². The zero-order valence-corrected chi connectivity index (χ0v) is 20.2. The van der Waals surface area contributed by atoms with Crippen LogP contribution in [0.1, 0.15) is 63.2 Å². The van der Waals surface area contributed by atoms with E-state index in [0.717, 1.165) is 5.56 Å². The Morgan fingerprint density at radius 2 is 1.82 bits per heavy atom. The lowest BCUT2D eigenvalue weighted by Crippen LogP contribution is -2.41. The van der Waals surface area contributed by atoms with E-state index in [1.54, 1.807) is 19.9 Å². The number of benzene rings is 1. The summed E-state index contributed by atoms with van der Waals surface area (Å²) in [5.74, 6) is 0.614. The van der Waals surface area contributed by atoms with E-state index in [4.69, 9.17) is 9.15 Å². The van der Waals surface area contributed by atoms with Crippen LogP contribution >= 0.6 is 0 Å². The number of hydrogen-bond acceptors (Lipinski definition) is 7. The van der Waals surface area contributed by atoms with Crippen LogP contribution < -0.4 is 10.2 Å². The number of aliphatic hydroxyl groups is 4. The van der Waals surface area contributed by atoms with E-state index in [0.29, 0.717) is 23.3 Å². The van der Waals surface area contributed by atoms with Gasteiger partial charge in [-0.1, -0.05) is 12.5 Å².